The Balaban J connectivity index is 1.25. The van der Waals surface area contributed by atoms with Gasteiger partial charge in [-0.05, 0) is 56.9 Å². The smallest absolute Gasteiger partial charge is 0.263 e. The largest absolute Gasteiger partial charge is 0.331 e. The van der Waals surface area contributed by atoms with E-state index in [0.717, 1.165) is 37.8 Å². The Morgan fingerprint density at radius 1 is 1.16 bits per heavy atom. The van der Waals surface area contributed by atoms with E-state index in [9.17, 15) is 13.2 Å². The van der Waals surface area contributed by atoms with Crippen LogP contribution in [0, 0.1) is 0 Å². The Hall–Kier alpha value is -2.74. The number of nitrogens with zero attached hydrogens (tertiary/aromatic N) is 3. The normalized spacial score (nSPS) is 18.9. The standard InChI is InChI=1S/C23H28N4O3S/c1-17(20-10-6-8-15-24-20)27(18-13-14-18)22(28)12-3-2-7-16-25-23-19-9-4-5-11-21(19)31(29,30)26-23/h4-6,8-11,15,17-18H,2-3,7,12-14,16H2,1H3,(H,25,26). The van der Waals surface area contributed by atoms with Crippen molar-refractivity contribution in [3.8, 4) is 0 Å². The minimum absolute atomic E-state index is 0.0111. The first-order valence-corrected chi connectivity index (χ1v) is 12.3. The number of amides is 1. The molecule has 7 nitrogen and oxygen atoms in total. The maximum Gasteiger partial charge on any atom is 0.263 e. The number of fused-ring (bicyclic) bond motifs is 1. The molecule has 8 heteroatoms. The summed E-state index contributed by atoms with van der Waals surface area (Å²) in [5.74, 6) is 0.597. The lowest BCUT2D eigenvalue weighted by Crippen LogP contribution is -2.35. The highest BCUT2D eigenvalue weighted by Gasteiger charge is 2.36. The van der Waals surface area contributed by atoms with Gasteiger partial charge in [-0.15, -0.1) is 0 Å². The highest BCUT2D eigenvalue weighted by molar-refractivity contribution is 7.90. The minimum Gasteiger partial charge on any atom is -0.331 e. The van der Waals surface area contributed by atoms with Crippen molar-refractivity contribution in [3.63, 3.8) is 0 Å². The number of hydrogen-bond donors (Lipinski definition) is 1. The van der Waals surface area contributed by atoms with E-state index in [1.165, 1.54) is 0 Å². The molecule has 1 aromatic heterocycles. The molecule has 31 heavy (non-hydrogen) atoms. The predicted octanol–water partition coefficient (Wildman–Crippen LogP) is 3.43. The summed E-state index contributed by atoms with van der Waals surface area (Å²) in [4.78, 5) is 24.0. The summed E-state index contributed by atoms with van der Waals surface area (Å²) in [5.41, 5.74) is 1.55. The second kappa shape index (κ2) is 9.18. The first-order chi connectivity index (χ1) is 15.0. The van der Waals surface area contributed by atoms with Crippen molar-refractivity contribution >= 4 is 21.8 Å². The zero-order valence-corrected chi connectivity index (χ0v) is 18.5. The lowest BCUT2D eigenvalue weighted by Gasteiger charge is -2.29. The van der Waals surface area contributed by atoms with Gasteiger partial charge in [0.2, 0.25) is 5.91 Å². The summed E-state index contributed by atoms with van der Waals surface area (Å²) in [6, 6.07) is 13.0. The van der Waals surface area contributed by atoms with Gasteiger partial charge >= 0.3 is 0 Å². The third-order valence-corrected chi connectivity index (χ3v) is 7.14. The van der Waals surface area contributed by atoms with Crippen molar-refractivity contribution in [1.82, 2.24) is 14.6 Å². The lowest BCUT2D eigenvalue weighted by atomic mass is 10.1. The van der Waals surface area contributed by atoms with Crippen molar-refractivity contribution in [2.24, 2.45) is 4.99 Å². The molecule has 1 N–H and O–H groups in total. The molecule has 2 aromatic rings. The molecule has 164 valence electrons. The first-order valence-electron chi connectivity index (χ1n) is 10.9. The SMILES string of the molecule is CC(c1ccccn1)N(C(=O)CCCCCN=C1NS(=O)(=O)c2ccccc21)C1CC1. The van der Waals surface area contributed by atoms with Gasteiger partial charge in [0.05, 0.1) is 16.6 Å². The molecular formula is C23H28N4O3S. The average molecular weight is 441 g/mol. The van der Waals surface area contributed by atoms with E-state index in [2.05, 4.69) is 21.6 Å². The molecule has 1 fully saturated rings. The van der Waals surface area contributed by atoms with Crippen molar-refractivity contribution < 1.29 is 13.2 Å². The van der Waals surface area contributed by atoms with E-state index in [-0.39, 0.29) is 16.8 Å². The summed E-state index contributed by atoms with van der Waals surface area (Å²) in [6.45, 7) is 2.58. The second-order valence-electron chi connectivity index (χ2n) is 8.11. The van der Waals surface area contributed by atoms with Gasteiger partial charge in [-0.2, -0.15) is 0 Å². The van der Waals surface area contributed by atoms with Crippen LogP contribution in [0.25, 0.3) is 0 Å². The fraction of sp³-hybridized carbons (Fsp3) is 0.435. The third-order valence-electron chi connectivity index (χ3n) is 5.74. The quantitative estimate of drug-likeness (QED) is 0.605. The average Bonchev–Trinajstić information content (AvgIpc) is 3.57. The van der Waals surface area contributed by atoms with Crippen LogP contribution in [-0.4, -0.2) is 42.6 Å². The van der Waals surface area contributed by atoms with Crippen LogP contribution < -0.4 is 4.72 Å². The summed E-state index contributed by atoms with van der Waals surface area (Å²) in [6.07, 6.45) is 6.89. The molecule has 0 spiro atoms. The van der Waals surface area contributed by atoms with E-state index in [1.54, 1.807) is 30.5 Å². The molecule has 0 saturated heterocycles. The zero-order chi connectivity index (χ0) is 21.8. The van der Waals surface area contributed by atoms with Crippen LogP contribution in [0.5, 0.6) is 0 Å². The fourth-order valence-electron chi connectivity index (χ4n) is 3.99. The van der Waals surface area contributed by atoms with Crippen LogP contribution in [0.3, 0.4) is 0 Å². The fourth-order valence-corrected chi connectivity index (χ4v) is 5.24. The van der Waals surface area contributed by atoms with Gasteiger partial charge in [0.25, 0.3) is 10.0 Å². The highest BCUT2D eigenvalue weighted by Crippen LogP contribution is 2.34. The molecule has 0 bridgehead atoms. The highest BCUT2D eigenvalue weighted by atomic mass is 32.2. The number of hydrogen-bond acceptors (Lipinski definition) is 5. The Morgan fingerprint density at radius 2 is 1.94 bits per heavy atom. The van der Waals surface area contributed by atoms with Crippen LogP contribution in [0.15, 0.2) is 58.5 Å². The first kappa shape index (κ1) is 21.5. The van der Waals surface area contributed by atoms with Crippen LogP contribution in [-0.2, 0) is 14.8 Å². The molecule has 2 heterocycles. The maximum atomic E-state index is 12.9. The van der Waals surface area contributed by atoms with E-state index in [1.807, 2.05) is 23.1 Å². The minimum atomic E-state index is -3.49. The van der Waals surface area contributed by atoms with Crippen LogP contribution >= 0.6 is 0 Å². The van der Waals surface area contributed by atoms with Gasteiger partial charge < -0.3 is 4.90 Å². The second-order valence-corrected chi connectivity index (χ2v) is 9.76. The molecule has 1 aromatic carbocycles. The third kappa shape index (κ3) is 4.95. The summed E-state index contributed by atoms with van der Waals surface area (Å²) < 4.78 is 26.8. The number of aromatic nitrogens is 1. The maximum absolute atomic E-state index is 12.9. The molecule has 1 aliphatic heterocycles. The Morgan fingerprint density at radius 3 is 2.68 bits per heavy atom. The van der Waals surface area contributed by atoms with Gasteiger partial charge in [-0.3, -0.25) is 19.5 Å². The van der Waals surface area contributed by atoms with Gasteiger partial charge in [0, 0.05) is 30.8 Å². The zero-order valence-electron chi connectivity index (χ0n) is 17.7. The van der Waals surface area contributed by atoms with Crippen molar-refractivity contribution in [2.45, 2.75) is 62.4 Å². The van der Waals surface area contributed by atoms with Crippen molar-refractivity contribution in [2.75, 3.05) is 6.54 Å². The number of nitrogens with one attached hydrogen (secondary N) is 1. The summed E-state index contributed by atoms with van der Waals surface area (Å²) in [5, 5.41) is 0. The molecule has 4 rings (SSSR count). The van der Waals surface area contributed by atoms with E-state index < -0.39 is 10.0 Å². The molecule has 1 amide bonds. The number of pyridine rings is 1. The topological polar surface area (TPSA) is 91.7 Å². The monoisotopic (exact) mass is 440 g/mol. The van der Waals surface area contributed by atoms with E-state index >= 15 is 0 Å². The molecule has 0 radical (unpaired) electrons. The van der Waals surface area contributed by atoms with Gasteiger partial charge in [0.1, 0.15) is 5.84 Å². The Bertz CT molecular complexity index is 1070. The van der Waals surface area contributed by atoms with Crippen LogP contribution in [0.2, 0.25) is 0 Å². The Kier molecular flexibility index (Phi) is 6.36. The Labute approximate surface area is 183 Å². The number of amidine groups is 1. The van der Waals surface area contributed by atoms with Crippen LogP contribution in [0.4, 0.5) is 0 Å². The molecular weight excluding hydrogens is 412 g/mol. The van der Waals surface area contributed by atoms with Crippen molar-refractivity contribution in [1.29, 1.82) is 0 Å². The molecule has 1 aliphatic carbocycles. The number of benzene rings is 1. The molecule has 1 saturated carbocycles. The van der Waals surface area contributed by atoms with Gasteiger partial charge in [0.15, 0.2) is 0 Å². The summed E-state index contributed by atoms with van der Waals surface area (Å²) >= 11 is 0. The number of unbranched alkanes of at least 4 members (excludes halogenated alkanes) is 2. The van der Waals surface area contributed by atoms with E-state index in [0.29, 0.717) is 30.4 Å². The molecule has 2 aliphatic rings. The van der Waals surface area contributed by atoms with Crippen molar-refractivity contribution in [3.05, 3.63) is 59.9 Å². The van der Waals surface area contributed by atoms with E-state index in [4.69, 9.17) is 0 Å². The number of rotatable bonds is 9. The number of aliphatic imine (C=N–C) groups is 1. The number of carbonyl (C=O) groups excluding carboxylic acids is 1. The lowest BCUT2D eigenvalue weighted by molar-refractivity contribution is -0.134. The predicted molar refractivity (Wildman–Crippen MR) is 119 cm³/mol. The summed E-state index contributed by atoms with van der Waals surface area (Å²) in [7, 11) is -3.49. The van der Waals surface area contributed by atoms with Gasteiger partial charge in [-0.1, -0.05) is 24.6 Å². The van der Waals surface area contributed by atoms with Crippen LogP contribution in [0.1, 0.15) is 62.7 Å². The number of carbonyl (C=O) groups is 1. The number of sulfonamides is 1. The van der Waals surface area contributed by atoms with Gasteiger partial charge in [-0.25, -0.2) is 8.42 Å². The molecule has 1 unspecified atom stereocenters. The molecule has 1 atom stereocenters.